The van der Waals surface area contributed by atoms with Crippen LogP contribution in [0.1, 0.15) is 28.3 Å². The molecule has 9 heteroatoms. The zero-order valence-electron chi connectivity index (χ0n) is 15.7. The minimum atomic E-state index is -2.93. The fourth-order valence-electron chi connectivity index (χ4n) is 3.31. The molecule has 0 saturated heterocycles. The highest BCUT2D eigenvalue weighted by Gasteiger charge is 2.34. The van der Waals surface area contributed by atoms with Crippen LogP contribution in [0.15, 0.2) is 53.8 Å². The van der Waals surface area contributed by atoms with Crippen LogP contribution < -0.4 is 4.90 Å². The number of carbonyl (C=O) groups is 1. The lowest BCUT2D eigenvalue weighted by molar-refractivity contribution is 0.0175. The van der Waals surface area contributed by atoms with Crippen LogP contribution in [-0.4, -0.2) is 33.5 Å². The highest BCUT2D eigenvalue weighted by molar-refractivity contribution is 7.98. The number of anilines is 1. The van der Waals surface area contributed by atoms with E-state index >= 15 is 0 Å². The first kappa shape index (κ1) is 19.9. The number of benzene rings is 1. The van der Waals surface area contributed by atoms with Crippen LogP contribution in [0, 0.1) is 0 Å². The lowest BCUT2D eigenvalue weighted by Crippen LogP contribution is -2.42. The number of nitrogens with zero attached hydrogens (tertiary/aromatic N) is 4. The van der Waals surface area contributed by atoms with Gasteiger partial charge in [0, 0.05) is 29.9 Å². The molecule has 1 aliphatic heterocycles. The van der Waals surface area contributed by atoms with Gasteiger partial charge in [-0.3, -0.25) is 4.79 Å². The Hall–Kier alpha value is -2.39. The van der Waals surface area contributed by atoms with Gasteiger partial charge in [0.05, 0.1) is 17.8 Å². The van der Waals surface area contributed by atoms with Crippen LogP contribution in [-0.2, 0) is 5.92 Å². The SMILES string of the molecule is CSc1cc(-c2cnn3c2C(=O)N(c2ccc(C(C)(F)F)cc2)C[C@@H]3S)ccn1. The van der Waals surface area contributed by atoms with Gasteiger partial charge in [0.1, 0.15) is 11.1 Å². The first-order chi connectivity index (χ1) is 13.8. The van der Waals surface area contributed by atoms with Gasteiger partial charge in [-0.2, -0.15) is 17.7 Å². The molecule has 3 aromatic rings. The zero-order valence-corrected chi connectivity index (χ0v) is 17.4. The summed E-state index contributed by atoms with van der Waals surface area (Å²) in [5, 5.41) is 4.84. The summed E-state index contributed by atoms with van der Waals surface area (Å²) in [5.41, 5.74) is 2.38. The second-order valence-electron chi connectivity index (χ2n) is 6.77. The quantitative estimate of drug-likeness (QED) is 0.472. The topological polar surface area (TPSA) is 51.0 Å². The smallest absolute Gasteiger partial charge is 0.277 e. The van der Waals surface area contributed by atoms with Crippen molar-refractivity contribution in [1.82, 2.24) is 14.8 Å². The maximum Gasteiger partial charge on any atom is 0.277 e. The van der Waals surface area contributed by atoms with E-state index in [1.54, 1.807) is 22.0 Å². The molecule has 0 aliphatic carbocycles. The standard InChI is InChI=1S/C20H18F2N4OS2/c1-20(21,22)13-3-5-14(6-4-13)25-11-17(28)26-18(19(25)27)15(10-24-26)12-7-8-23-16(9-12)29-2/h3-10,17,28H,11H2,1-2H3/t17-/m0/s1. The molecule has 150 valence electrons. The fourth-order valence-corrected chi connectivity index (χ4v) is 4.06. The first-order valence-corrected chi connectivity index (χ1v) is 10.6. The number of amides is 1. The fraction of sp³-hybridized carbons (Fsp3) is 0.250. The summed E-state index contributed by atoms with van der Waals surface area (Å²) in [6, 6.07) is 9.49. The summed E-state index contributed by atoms with van der Waals surface area (Å²) in [4.78, 5) is 19.1. The summed E-state index contributed by atoms with van der Waals surface area (Å²) in [5.74, 6) is -3.18. The van der Waals surface area contributed by atoms with Gasteiger partial charge >= 0.3 is 0 Å². The molecule has 5 nitrogen and oxygen atoms in total. The molecule has 1 aliphatic rings. The maximum atomic E-state index is 13.5. The third-order valence-corrected chi connectivity index (χ3v) is 5.84. The number of fused-ring (bicyclic) bond motifs is 1. The Labute approximate surface area is 176 Å². The predicted octanol–water partition coefficient (Wildman–Crippen LogP) is 4.87. The molecule has 1 atom stereocenters. The monoisotopic (exact) mass is 432 g/mol. The zero-order chi connectivity index (χ0) is 20.8. The summed E-state index contributed by atoms with van der Waals surface area (Å²) in [6.45, 7) is 1.13. The predicted molar refractivity (Wildman–Crippen MR) is 113 cm³/mol. The first-order valence-electron chi connectivity index (χ1n) is 8.86. The number of hydrogen-bond donors (Lipinski definition) is 1. The molecule has 0 spiro atoms. The van der Waals surface area contributed by atoms with Crippen molar-refractivity contribution in [3.63, 3.8) is 0 Å². The molecule has 0 fully saturated rings. The van der Waals surface area contributed by atoms with E-state index < -0.39 is 5.92 Å². The van der Waals surface area contributed by atoms with E-state index in [0.29, 0.717) is 16.9 Å². The number of thiol groups is 1. The van der Waals surface area contributed by atoms with E-state index in [-0.39, 0.29) is 23.4 Å². The molecular weight excluding hydrogens is 414 g/mol. The Morgan fingerprint density at radius 2 is 1.97 bits per heavy atom. The normalized spacial score (nSPS) is 16.8. The molecule has 2 aromatic heterocycles. The van der Waals surface area contributed by atoms with Crippen molar-refractivity contribution in [2.75, 3.05) is 17.7 Å². The van der Waals surface area contributed by atoms with Crippen molar-refractivity contribution in [1.29, 1.82) is 0 Å². The van der Waals surface area contributed by atoms with Gasteiger partial charge < -0.3 is 4.90 Å². The maximum absolute atomic E-state index is 13.5. The van der Waals surface area contributed by atoms with Crippen molar-refractivity contribution >= 4 is 36.0 Å². The highest BCUT2D eigenvalue weighted by atomic mass is 32.2. The second-order valence-corrected chi connectivity index (χ2v) is 8.19. The van der Waals surface area contributed by atoms with Gasteiger partial charge in [-0.05, 0) is 36.1 Å². The van der Waals surface area contributed by atoms with Gasteiger partial charge in [0.15, 0.2) is 0 Å². The van der Waals surface area contributed by atoms with Crippen molar-refractivity contribution < 1.29 is 13.6 Å². The minimum Gasteiger partial charge on any atom is -0.304 e. The lowest BCUT2D eigenvalue weighted by atomic mass is 10.1. The van der Waals surface area contributed by atoms with Crippen molar-refractivity contribution in [2.45, 2.75) is 23.2 Å². The molecule has 0 bridgehead atoms. The Bertz CT molecular complexity index is 1060. The van der Waals surface area contributed by atoms with Gasteiger partial charge in [-0.25, -0.2) is 18.4 Å². The average Bonchev–Trinajstić information content (AvgIpc) is 3.16. The number of carbonyl (C=O) groups excluding carboxylic acids is 1. The second kappa shape index (κ2) is 7.46. The largest absolute Gasteiger partial charge is 0.304 e. The molecule has 0 N–H and O–H groups in total. The van der Waals surface area contributed by atoms with Crippen LogP contribution in [0.3, 0.4) is 0 Å². The number of alkyl halides is 2. The van der Waals surface area contributed by atoms with Gasteiger partial charge in [0.25, 0.3) is 11.8 Å². The number of rotatable bonds is 4. The molecule has 0 radical (unpaired) electrons. The van der Waals surface area contributed by atoms with E-state index in [1.807, 2.05) is 18.4 Å². The van der Waals surface area contributed by atoms with E-state index in [2.05, 4.69) is 22.7 Å². The van der Waals surface area contributed by atoms with E-state index in [4.69, 9.17) is 0 Å². The number of aromatic nitrogens is 3. The third kappa shape index (κ3) is 3.64. The molecule has 1 amide bonds. The molecule has 3 heterocycles. The minimum absolute atomic E-state index is 0.0970. The third-order valence-electron chi connectivity index (χ3n) is 4.81. The van der Waals surface area contributed by atoms with Crippen LogP contribution >= 0.6 is 24.4 Å². The number of halogens is 2. The Kier molecular flexibility index (Phi) is 5.12. The van der Waals surface area contributed by atoms with Gasteiger partial charge in [-0.1, -0.05) is 12.1 Å². The van der Waals surface area contributed by atoms with E-state index in [0.717, 1.165) is 17.5 Å². The summed E-state index contributed by atoms with van der Waals surface area (Å²) < 4.78 is 28.6. The van der Waals surface area contributed by atoms with Crippen molar-refractivity contribution in [2.24, 2.45) is 0 Å². The summed E-state index contributed by atoms with van der Waals surface area (Å²) in [6.07, 6.45) is 5.28. The summed E-state index contributed by atoms with van der Waals surface area (Å²) in [7, 11) is 0. The van der Waals surface area contributed by atoms with E-state index in [9.17, 15) is 13.6 Å². The van der Waals surface area contributed by atoms with Gasteiger partial charge in [0.2, 0.25) is 0 Å². The van der Waals surface area contributed by atoms with Crippen LogP contribution in [0.25, 0.3) is 11.1 Å². The number of hydrogen-bond acceptors (Lipinski definition) is 5. The molecule has 1 aromatic carbocycles. The summed E-state index contributed by atoms with van der Waals surface area (Å²) >= 11 is 6.10. The lowest BCUT2D eigenvalue weighted by Gasteiger charge is -2.32. The molecule has 4 rings (SSSR count). The van der Waals surface area contributed by atoms with Crippen LogP contribution in [0.5, 0.6) is 0 Å². The van der Waals surface area contributed by atoms with Crippen molar-refractivity contribution in [3.8, 4) is 11.1 Å². The van der Waals surface area contributed by atoms with Gasteiger partial charge in [-0.15, -0.1) is 11.8 Å². The molecule has 0 saturated carbocycles. The van der Waals surface area contributed by atoms with Crippen LogP contribution in [0.2, 0.25) is 0 Å². The molecular formula is C20H18F2N4OS2. The highest BCUT2D eigenvalue weighted by Crippen LogP contribution is 2.35. The Morgan fingerprint density at radius 1 is 1.24 bits per heavy atom. The number of thioether (sulfide) groups is 1. The molecule has 0 unspecified atom stereocenters. The van der Waals surface area contributed by atoms with E-state index in [1.165, 1.54) is 36.0 Å². The molecule has 29 heavy (non-hydrogen) atoms. The average molecular weight is 433 g/mol. The Balaban J connectivity index is 1.74. The van der Waals surface area contributed by atoms with Crippen LogP contribution in [0.4, 0.5) is 14.5 Å². The Morgan fingerprint density at radius 3 is 2.62 bits per heavy atom. The van der Waals surface area contributed by atoms with Crippen molar-refractivity contribution in [3.05, 3.63) is 60.0 Å². The number of pyridine rings is 1.